The number of ether oxygens (including phenoxy) is 1. The molecule has 1 aliphatic heterocycles. The van der Waals surface area contributed by atoms with E-state index in [1.165, 1.54) is 6.92 Å². The van der Waals surface area contributed by atoms with Crippen molar-refractivity contribution in [3.8, 4) is 17.6 Å². The van der Waals surface area contributed by atoms with Crippen molar-refractivity contribution < 1.29 is 14.3 Å². The van der Waals surface area contributed by atoms with Crippen LogP contribution in [-0.4, -0.2) is 50.0 Å². The first kappa shape index (κ1) is 18.8. The van der Waals surface area contributed by atoms with E-state index < -0.39 is 0 Å². The molecule has 6 heteroatoms. The zero-order chi connectivity index (χ0) is 18.1. The Labute approximate surface area is 148 Å². The maximum Gasteiger partial charge on any atom is 0.225 e. The van der Waals surface area contributed by atoms with Crippen LogP contribution in [0, 0.1) is 17.8 Å². The van der Waals surface area contributed by atoms with Crippen molar-refractivity contribution in [2.75, 3.05) is 38.6 Å². The van der Waals surface area contributed by atoms with Crippen molar-refractivity contribution in [1.29, 1.82) is 0 Å². The van der Waals surface area contributed by atoms with Crippen molar-refractivity contribution in [3.05, 3.63) is 24.3 Å². The van der Waals surface area contributed by atoms with Crippen LogP contribution in [0.25, 0.3) is 0 Å². The van der Waals surface area contributed by atoms with Gasteiger partial charge in [-0.3, -0.25) is 9.59 Å². The number of carbonyl (C=O) groups is 2. The number of hydrogen-bond acceptors (Lipinski definition) is 4. The molecule has 0 radical (unpaired) electrons. The van der Waals surface area contributed by atoms with Crippen molar-refractivity contribution in [2.45, 2.75) is 19.8 Å². The molecule has 1 atom stereocenters. The average Bonchev–Trinajstić information content (AvgIpc) is 2.57. The van der Waals surface area contributed by atoms with Gasteiger partial charge in [0.1, 0.15) is 12.4 Å². The first-order valence-corrected chi connectivity index (χ1v) is 8.47. The van der Waals surface area contributed by atoms with Gasteiger partial charge in [0.05, 0.1) is 12.5 Å². The molecule has 25 heavy (non-hydrogen) atoms. The van der Waals surface area contributed by atoms with Crippen LogP contribution in [0.15, 0.2) is 24.3 Å². The molecule has 0 aromatic heterocycles. The smallest absolute Gasteiger partial charge is 0.225 e. The van der Waals surface area contributed by atoms with E-state index in [0.717, 1.165) is 25.9 Å². The van der Waals surface area contributed by atoms with Gasteiger partial charge in [0.25, 0.3) is 0 Å². The fourth-order valence-electron chi connectivity index (χ4n) is 2.76. The second-order valence-electron chi connectivity index (χ2n) is 6.17. The summed E-state index contributed by atoms with van der Waals surface area (Å²) in [6, 6.07) is 7.13. The third-order valence-electron chi connectivity index (χ3n) is 3.94. The number of likely N-dealkylation sites (tertiary alicyclic amines) is 1. The van der Waals surface area contributed by atoms with Gasteiger partial charge in [-0.25, -0.2) is 0 Å². The lowest BCUT2D eigenvalue weighted by Gasteiger charge is -2.28. The highest BCUT2D eigenvalue weighted by molar-refractivity contribution is 5.88. The lowest BCUT2D eigenvalue weighted by atomic mass is 9.98. The van der Waals surface area contributed by atoms with Crippen molar-refractivity contribution in [1.82, 2.24) is 10.2 Å². The lowest BCUT2D eigenvalue weighted by molar-refractivity contribution is -0.126. The molecule has 0 saturated carbocycles. The Morgan fingerprint density at radius 1 is 1.36 bits per heavy atom. The molecule has 2 amide bonds. The highest BCUT2D eigenvalue weighted by Crippen LogP contribution is 2.17. The van der Waals surface area contributed by atoms with E-state index >= 15 is 0 Å². The van der Waals surface area contributed by atoms with Crippen LogP contribution < -0.4 is 15.4 Å². The fourth-order valence-corrected chi connectivity index (χ4v) is 2.76. The Hall–Kier alpha value is -2.52. The zero-order valence-corrected chi connectivity index (χ0v) is 14.8. The Morgan fingerprint density at radius 3 is 2.96 bits per heavy atom. The molecule has 1 fully saturated rings. The van der Waals surface area contributed by atoms with Crippen LogP contribution in [0.5, 0.6) is 5.75 Å². The predicted octanol–water partition coefficient (Wildman–Crippen LogP) is 1.49. The number of anilines is 1. The summed E-state index contributed by atoms with van der Waals surface area (Å²) in [7, 11) is 2.04. The molecule has 0 bridgehead atoms. The van der Waals surface area contributed by atoms with E-state index in [0.29, 0.717) is 18.0 Å². The Balaban J connectivity index is 1.69. The Kier molecular flexibility index (Phi) is 7.30. The molecule has 0 aliphatic carbocycles. The summed E-state index contributed by atoms with van der Waals surface area (Å²) in [5, 5.41) is 5.56. The molecule has 134 valence electrons. The molecule has 1 unspecified atom stereocenters. The van der Waals surface area contributed by atoms with Gasteiger partial charge in [0, 0.05) is 25.2 Å². The van der Waals surface area contributed by atoms with Gasteiger partial charge in [0.15, 0.2) is 0 Å². The van der Waals surface area contributed by atoms with Gasteiger partial charge in [-0.05, 0) is 38.6 Å². The predicted molar refractivity (Wildman–Crippen MR) is 97.2 cm³/mol. The number of piperidine rings is 1. The van der Waals surface area contributed by atoms with E-state index in [1.54, 1.807) is 24.3 Å². The zero-order valence-electron chi connectivity index (χ0n) is 14.8. The van der Waals surface area contributed by atoms with Gasteiger partial charge < -0.3 is 20.3 Å². The van der Waals surface area contributed by atoms with E-state index in [-0.39, 0.29) is 24.3 Å². The minimum Gasteiger partial charge on any atom is -0.481 e. The molecular weight excluding hydrogens is 318 g/mol. The van der Waals surface area contributed by atoms with E-state index in [9.17, 15) is 9.59 Å². The molecular formula is C19H25N3O3. The average molecular weight is 343 g/mol. The summed E-state index contributed by atoms with van der Waals surface area (Å²) in [5.41, 5.74) is 0.683. The van der Waals surface area contributed by atoms with Crippen molar-refractivity contribution in [3.63, 3.8) is 0 Å². The number of rotatable bonds is 5. The summed E-state index contributed by atoms with van der Waals surface area (Å²) in [5.74, 6) is 6.41. The van der Waals surface area contributed by atoms with E-state index in [1.807, 2.05) is 7.05 Å². The summed E-state index contributed by atoms with van der Waals surface area (Å²) < 4.78 is 5.52. The molecule has 1 aromatic carbocycles. The number of hydrogen-bond donors (Lipinski definition) is 2. The van der Waals surface area contributed by atoms with Crippen LogP contribution in [0.3, 0.4) is 0 Å². The highest BCUT2D eigenvalue weighted by atomic mass is 16.5. The fraction of sp³-hybridized carbons (Fsp3) is 0.474. The lowest BCUT2D eigenvalue weighted by Crippen LogP contribution is -2.41. The van der Waals surface area contributed by atoms with E-state index in [4.69, 9.17) is 4.74 Å². The molecule has 0 spiro atoms. The van der Waals surface area contributed by atoms with Crippen LogP contribution in [-0.2, 0) is 9.59 Å². The highest BCUT2D eigenvalue weighted by Gasteiger charge is 2.23. The molecule has 1 saturated heterocycles. The van der Waals surface area contributed by atoms with Crippen molar-refractivity contribution >= 4 is 17.5 Å². The number of benzene rings is 1. The van der Waals surface area contributed by atoms with E-state index in [2.05, 4.69) is 27.4 Å². The van der Waals surface area contributed by atoms with Crippen molar-refractivity contribution in [2.24, 2.45) is 5.92 Å². The largest absolute Gasteiger partial charge is 0.481 e. The Bertz CT molecular complexity index is 663. The number of nitrogens with zero attached hydrogens (tertiary/aromatic N) is 1. The maximum absolute atomic E-state index is 12.1. The molecule has 2 N–H and O–H groups in total. The van der Waals surface area contributed by atoms with Gasteiger partial charge in [-0.15, -0.1) is 0 Å². The van der Waals surface area contributed by atoms with Gasteiger partial charge in [-0.2, -0.15) is 0 Å². The van der Waals surface area contributed by atoms with Gasteiger partial charge in [0.2, 0.25) is 11.8 Å². The molecule has 1 aliphatic rings. The topological polar surface area (TPSA) is 70.7 Å². The summed E-state index contributed by atoms with van der Waals surface area (Å²) >= 11 is 0. The van der Waals surface area contributed by atoms with Gasteiger partial charge in [-0.1, -0.05) is 17.9 Å². The second kappa shape index (κ2) is 9.70. The normalized spacial score (nSPS) is 17.1. The Morgan fingerprint density at radius 2 is 2.20 bits per heavy atom. The van der Waals surface area contributed by atoms with Crippen LogP contribution >= 0.6 is 0 Å². The molecule has 2 rings (SSSR count). The summed E-state index contributed by atoms with van der Waals surface area (Å²) in [4.78, 5) is 25.3. The first-order chi connectivity index (χ1) is 12.0. The third kappa shape index (κ3) is 6.86. The molecule has 1 heterocycles. The number of nitrogens with one attached hydrogen (secondary N) is 2. The molecule has 6 nitrogen and oxygen atoms in total. The van der Waals surface area contributed by atoms with Gasteiger partial charge >= 0.3 is 0 Å². The maximum atomic E-state index is 12.1. The van der Waals surface area contributed by atoms with Crippen LogP contribution in [0.1, 0.15) is 19.8 Å². The standard InChI is InChI=1S/C19H25N3O3/c1-15(23)21-17-8-5-9-18(13-17)25-12-4-3-10-20-19(24)16-7-6-11-22(2)14-16/h5,8-9,13,16H,6-7,10-12,14H2,1-2H3,(H,20,24)(H,21,23). The SMILES string of the molecule is CC(=O)Nc1cccc(OCC#CCNC(=O)C2CCCN(C)C2)c1. The monoisotopic (exact) mass is 343 g/mol. The number of amides is 2. The molecule has 1 aromatic rings. The quantitative estimate of drug-likeness (QED) is 0.795. The third-order valence-corrected chi connectivity index (χ3v) is 3.94. The van der Waals surface area contributed by atoms with Crippen LogP contribution in [0.4, 0.5) is 5.69 Å². The summed E-state index contributed by atoms with van der Waals surface area (Å²) in [6.07, 6.45) is 2.00. The number of carbonyl (C=O) groups excluding carboxylic acids is 2. The minimum atomic E-state index is -0.128. The summed E-state index contributed by atoms with van der Waals surface area (Å²) in [6.45, 7) is 3.88. The van der Waals surface area contributed by atoms with Crippen LogP contribution in [0.2, 0.25) is 0 Å². The minimum absolute atomic E-state index is 0.0633. The first-order valence-electron chi connectivity index (χ1n) is 8.47. The second-order valence-corrected chi connectivity index (χ2v) is 6.17.